The zero-order chi connectivity index (χ0) is 19.3. The molecular weight excluding hydrogens is 394 g/mol. The van der Waals surface area contributed by atoms with Crippen molar-refractivity contribution < 1.29 is 9.59 Å². The van der Waals surface area contributed by atoms with Crippen LogP contribution in [0, 0.1) is 0 Å². The standard InChI is InChI=1S/C21H14ClN3O2S/c22-13-7-8-16-18(12-13)28-17-6-3-9-23-19(17)24(16)10-11-25-20(26)14-4-1-2-5-15(14)21(25)27/h1-9,12H,10-11H2. The Morgan fingerprint density at radius 3 is 2.32 bits per heavy atom. The molecule has 1 aromatic heterocycles. The predicted molar refractivity (Wildman–Crippen MR) is 109 cm³/mol. The average molecular weight is 408 g/mol. The maximum Gasteiger partial charge on any atom is 0.261 e. The number of hydrogen-bond donors (Lipinski definition) is 0. The Kier molecular flexibility index (Phi) is 4.10. The van der Waals surface area contributed by atoms with Gasteiger partial charge in [0.2, 0.25) is 0 Å². The minimum atomic E-state index is -0.246. The van der Waals surface area contributed by atoms with E-state index in [1.54, 1.807) is 42.2 Å². The molecule has 0 radical (unpaired) electrons. The fourth-order valence-corrected chi connectivity index (χ4v) is 4.90. The highest BCUT2D eigenvalue weighted by molar-refractivity contribution is 7.99. The lowest BCUT2D eigenvalue weighted by Crippen LogP contribution is -2.37. The Morgan fingerprint density at radius 1 is 0.857 bits per heavy atom. The van der Waals surface area contributed by atoms with Crippen LogP contribution in [0.25, 0.3) is 0 Å². The van der Waals surface area contributed by atoms with Gasteiger partial charge in [0.15, 0.2) is 0 Å². The molecule has 5 nitrogen and oxygen atoms in total. The highest BCUT2D eigenvalue weighted by Crippen LogP contribution is 2.47. The van der Waals surface area contributed by atoms with Crippen LogP contribution in [0.15, 0.2) is 70.6 Å². The minimum Gasteiger partial charge on any atom is -0.323 e. The van der Waals surface area contributed by atoms with Crippen molar-refractivity contribution in [3.05, 3.63) is 76.9 Å². The third kappa shape index (κ3) is 2.68. The van der Waals surface area contributed by atoms with Gasteiger partial charge in [-0.3, -0.25) is 14.5 Å². The summed E-state index contributed by atoms with van der Waals surface area (Å²) in [5.41, 5.74) is 1.90. The summed E-state index contributed by atoms with van der Waals surface area (Å²) in [4.78, 5) is 35.2. The molecule has 3 heterocycles. The van der Waals surface area contributed by atoms with Crippen LogP contribution < -0.4 is 4.90 Å². The first-order valence-corrected chi connectivity index (χ1v) is 9.98. The van der Waals surface area contributed by atoms with Crippen molar-refractivity contribution in [1.82, 2.24) is 9.88 Å². The summed E-state index contributed by atoms with van der Waals surface area (Å²) in [6.07, 6.45) is 1.75. The van der Waals surface area contributed by atoms with Crippen LogP contribution in [0.2, 0.25) is 5.02 Å². The van der Waals surface area contributed by atoms with Crippen molar-refractivity contribution in [1.29, 1.82) is 0 Å². The van der Waals surface area contributed by atoms with Gasteiger partial charge in [0, 0.05) is 29.2 Å². The number of nitrogens with zero attached hydrogens (tertiary/aromatic N) is 3. The van der Waals surface area contributed by atoms with Gasteiger partial charge in [-0.25, -0.2) is 4.98 Å². The number of halogens is 1. The number of benzene rings is 2. The van der Waals surface area contributed by atoms with E-state index < -0.39 is 0 Å². The van der Waals surface area contributed by atoms with E-state index in [1.165, 1.54) is 4.90 Å². The van der Waals surface area contributed by atoms with Gasteiger partial charge in [-0.05, 0) is 42.5 Å². The number of aromatic nitrogens is 1. The number of fused-ring (bicyclic) bond motifs is 3. The van der Waals surface area contributed by atoms with Crippen LogP contribution >= 0.6 is 23.4 Å². The van der Waals surface area contributed by atoms with Crippen LogP contribution in [-0.4, -0.2) is 34.8 Å². The maximum atomic E-state index is 12.7. The molecule has 0 N–H and O–H groups in total. The molecule has 2 amide bonds. The van der Waals surface area contributed by atoms with Crippen molar-refractivity contribution in [3.8, 4) is 0 Å². The SMILES string of the molecule is O=C1c2ccccc2C(=O)N1CCN1c2ccc(Cl)cc2Sc2cccnc21. The zero-order valence-corrected chi connectivity index (χ0v) is 16.2. The third-order valence-electron chi connectivity index (χ3n) is 4.86. The van der Waals surface area contributed by atoms with Crippen LogP contribution in [0.1, 0.15) is 20.7 Å². The van der Waals surface area contributed by atoms with Crippen molar-refractivity contribution >= 4 is 46.7 Å². The molecule has 2 aliphatic rings. The minimum absolute atomic E-state index is 0.246. The van der Waals surface area contributed by atoms with Crippen molar-refractivity contribution in [2.75, 3.05) is 18.0 Å². The summed E-state index contributed by atoms with van der Waals surface area (Å²) in [6.45, 7) is 0.722. The molecule has 3 aromatic rings. The molecule has 138 valence electrons. The molecule has 0 fully saturated rings. The van der Waals surface area contributed by atoms with Crippen molar-refractivity contribution in [2.45, 2.75) is 9.79 Å². The number of rotatable bonds is 3. The first kappa shape index (κ1) is 17.3. The number of imide groups is 1. The number of pyridine rings is 1. The highest BCUT2D eigenvalue weighted by atomic mass is 35.5. The van der Waals surface area contributed by atoms with Crippen molar-refractivity contribution in [3.63, 3.8) is 0 Å². The molecule has 0 bridgehead atoms. The van der Waals surface area contributed by atoms with Gasteiger partial charge in [0.1, 0.15) is 5.82 Å². The molecule has 7 heteroatoms. The van der Waals surface area contributed by atoms with E-state index >= 15 is 0 Å². The molecule has 2 aromatic carbocycles. The second-order valence-electron chi connectivity index (χ2n) is 6.50. The molecule has 0 saturated heterocycles. The lowest BCUT2D eigenvalue weighted by molar-refractivity contribution is 0.0659. The molecular formula is C21H14ClN3O2S. The molecule has 0 unspecified atom stereocenters. The summed E-state index contributed by atoms with van der Waals surface area (Å²) in [5.74, 6) is 0.327. The van der Waals surface area contributed by atoms with Crippen LogP contribution in [-0.2, 0) is 0 Å². The topological polar surface area (TPSA) is 53.5 Å². The zero-order valence-electron chi connectivity index (χ0n) is 14.6. The van der Waals surface area contributed by atoms with Gasteiger partial charge >= 0.3 is 0 Å². The van der Waals surface area contributed by atoms with Crippen LogP contribution in [0.5, 0.6) is 0 Å². The largest absolute Gasteiger partial charge is 0.323 e. The fraction of sp³-hybridized carbons (Fsp3) is 0.0952. The summed E-state index contributed by atoms with van der Waals surface area (Å²) in [6, 6.07) is 16.5. The molecule has 2 aliphatic heterocycles. The van der Waals surface area contributed by atoms with Gasteiger partial charge < -0.3 is 4.90 Å². The number of carbonyl (C=O) groups is 2. The average Bonchev–Trinajstić information content (AvgIpc) is 2.95. The first-order valence-electron chi connectivity index (χ1n) is 8.78. The predicted octanol–water partition coefficient (Wildman–Crippen LogP) is 4.63. The van der Waals surface area contributed by atoms with E-state index in [-0.39, 0.29) is 18.4 Å². The first-order chi connectivity index (χ1) is 13.6. The summed E-state index contributed by atoms with van der Waals surface area (Å²) < 4.78 is 0. The normalized spacial score (nSPS) is 14.8. The van der Waals surface area contributed by atoms with E-state index in [9.17, 15) is 9.59 Å². The van der Waals surface area contributed by atoms with Gasteiger partial charge in [-0.2, -0.15) is 0 Å². The van der Waals surface area contributed by atoms with E-state index in [2.05, 4.69) is 4.98 Å². The van der Waals surface area contributed by atoms with E-state index in [0.29, 0.717) is 22.7 Å². The number of amides is 2. The molecule has 0 saturated carbocycles. The highest BCUT2D eigenvalue weighted by Gasteiger charge is 2.35. The number of hydrogen-bond acceptors (Lipinski definition) is 5. The van der Waals surface area contributed by atoms with Gasteiger partial charge in [-0.15, -0.1) is 0 Å². The maximum absolute atomic E-state index is 12.7. The number of carbonyl (C=O) groups excluding carboxylic acids is 2. The second-order valence-corrected chi connectivity index (χ2v) is 8.02. The van der Waals surface area contributed by atoms with E-state index in [1.807, 2.05) is 35.2 Å². The van der Waals surface area contributed by atoms with E-state index in [0.717, 1.165) is 21.3 Å². The molecule has 5 rings (SSSR count). The summed E-state index contributed by atoms with van der Waals surface area (Å²) in [5, 5.41) is 0.666. The Morgan fingerprint density at radius 2 is 1.57 bits per heavy atom. The Hall–Kier alpha value is -2.83. The fourth-order valence-electron chi connectivity index (χ4n) is 3.56. The summed E-state index contributed by atoms with van der Waals surface area (Å²) >= 11 is 7.79. The van der Waals surface area contributed by atoms with Gasteiger partial charge in [0.05, 0.1) is 21.7 Å². The van der Waals surface area contributed by atoms with Crippen LogP contribution in [0.3, 0.4) is 0 Å². The molecule has 0 spiro atoms. The molecule has 28 heavy (non-hydrogen) atoms. The Labute approximate surface area is 170 Å². The van der Waals surface area contributed by atoms with Gasteiger partial charge in [-0.1, -0.05) is 35.5 Å². The lowest BCUT2D eigenvalue weighted by Gasteiger charge is -2.32. The Balaban J connectivity index is 1.47. The van der Waals surface area contributed by atoms with Crippen molar-refractivity contribution in [2.24, 2.45) is 0 Å². The quantitative estimate of drug-likeness (QED) is 0.592. The third-order valence-corrected chi connectivity index (χ3v) is 6.19. The lowest BCUT2D eigenvalue weighted by atomic mass is 10.1. The molecule has 0 atom stereocenters. The van der Waals surface area contributed by atoms with E-state index in [4.69, 9.17) is 11.6 Å². The Bertz CT molecular complexity index is 1100. The summed E-state index contributed by atoms with van der Waals surface area (Å²) in [7, 11) is 0. The smallest absolute Gasteiger partial charge is 0.261 e. The monoisotopic (exact) mass is 407 g/mol. The second kappa shape index (κ2) is 6.65. The van der Waals surface area contributed by atoms with Gasteiger partial charge in [0.25, 0.3) is 11.8 Å². The molecule has 0 aliphatic carbocycles. The van der Waals surface area contributed by atoms with Crippen LogP contribution in [0.4, 0.5) is 11.5 Å². The number of anilines is 2.